The summed E-state index contributed by atoms with van der Waals surface area (Å²) in [6.45, 7) is 9.31. The smallest absolute Gasteiger partial charge is 0.245 e. The summed E-state index contributed by atoms with van der Waals surface area (Å²) in [5.74, 6) is 1.39. The van der Waals surface area contributed by atoms with Gasteiger partial charge in [0.15, 0.2) is 0 Å². The predicted octanol–water partition coefficient (Wildman–Crippen LogP) is 3.89. The van der Waals surface area contributed by atoms with Crippen LogP contribution in [0.25, 0.3) is 22.0 Å². The number of ether oxygens (including phenoxy) is 1. The molecule has 3 aliphatic heterocycles. The average molecular weight is 509 g/mol. The summed E-state index contributed by atoms with van der Waals surface area (Å²) in [5, 5.41) is 16.3. The number of benzene rings is 1. The van der Waals surface area contributed by atoms with E-state index in [9.17, 15) is 10.1 Å². The lowest BCUT2D eigenvalue weighted by molar-refractivity contribution is -0.136. The van der Waals surface area contributed by atoms with Crippen molar-refractivity contribution in [3.8, 4) is 17.2 Å². The van der Waals surface area contributed by atoms with Crippen molar-refractivity contribution in [2.75, 3.05) is 31.1 Å². The molecule has 4 aliphatic rings. The van der Waals surface area contributed by atoms with E-state index in [1.54, 1.807) is 0 Å². The Morgan fingerprint density at radius 3 is 2.82 bits per heavy atom. The quantitative estimate of drug-likeness (QED) is 0.497. The van der Waals surface area contributed by atoms with Gasteiger partial charge in [-0.2, -0.15) is 10.4 Å². The second-order valence-corrected chi connectivity index (χ2v) is 11.6. The molecule has 0 radical (unpaired) electrons. The van der Waals surface area contributed by atoms with Crippen molar-refractivity contribution in [1.82, 2.24) is 19.7 Å². The Bertz CT molecular complexity index is 1540. The maximum atomic E-state index is 12.1. The van der Waals surface area contributed by atoms with E-state index in [0.717, 1.165) is 83.7 Å². The first-order valence-corrected chi connectivity index (χ1v) is 13.6. The van der Waals surface area contributed by atoms with Gasteiger partial charge < -0.3 is 14.5 Å². The molecule has 3 aromatic rings. The van der Waals surface area contributed by atoms with Crippen molar-refractivity contribution >= 4 is 22.6 Å². The van der Waals surface area contributed by atoms with Crippen molar-refractivity contribution < 1.29 is 9.53 Å². The Balaban J connectivity index is 1.37. The molecule has 1 saturated carbocycles. The molecule has 1 atom stereocenters. The van der Waals surface area contributed by atoms with Crippen LogP contribution in [0.15, 0.2) is 31.0 Å². The SMILES string of the molecule is C=CC(=O)N1CC2(CCN(c3nc4c(c(-c5c(C)ccc6cnn(C)c56)c3C#N)CO[C@H](C3CC3)C4)C2)C1. The molecule has 3 fully saturated rings. The Morgan fingerprint density at radius 1 is 1.26 bits per heavy atom. The summed E-state index contributed by atoms with van der Waals surface area (Å²) in [7, 11) is 1.96. The first kappa shape index (κ1) is 23.4. The fraction of sp³-hybridized carbons (Fsp3) is 0.467. The van der Waals surface area contributed by atoms with E-state index in [1.165, 1.54) is 18.9 Å². The van der Waals surface area contributed by atoms with Crippen molar-refractivity contribution in [1.29, 1.82) is 5.26 Å². The van der Waals surface area contributed by atoms with Gasteiger partial charge >= 0.3 is 0 Å². The standard InChI is InChI=1S/C30H32N6O2/c1-4-25(37)36-16-30(17-36)9-10-35(15-30)29-21(12-31)27(22-14-38-24(19-7-8-19)11-23(22)33-29)26-18(2)5-6-20-13-32-34(3)28(20)26/h4-6,13,19,24H,1,7-11,14-17H2,2-3H3/t24-/m0/s1. The second kappa shape index (κ2) is 8.40. The van der Waals surface area contributed by atoms with Gasteiger partial charge in [-0.1, -0.05) is 18.7 Å². The lowest BCUT2D eigenvalue weighted by Crippen LogP contribution is -2.59. The van der Waals surface area contributed by atoms with Gasteiger partial charge in [0, 0.05) is 67.1 Å². The largest absolute Gasteiger partial charge is 0.373 e. The highest BCUT2D eigenvalue weighted by Gasteiger charge is 2.50. The topological polar surface area (TPSA) is 87.3 Å². The van der Waals surface area contributed by atoms with E-state index >= 15 is 0 Å². The molecule has 1 aromatic carbocycles. The van der Waals surface area contributed by atoms with Gasteiger partial charge in [0.2, 0.25) is 5.91 Å². The van der Waals surface area contributed by atoms with Gasteiger partial charge in [0.1, 0.15) is 17.5 Å². The van der Waals surface area contributed by atoms with E-state index in [2.05, 4.69) is 41.7 Å². The van der Waals surface area contributed by atoms with Gasteiger partial charge in [-0.3, -0.25) is 9.48 Å². The highest BCUT2D eigenvalue weighted by Crippen LogP contribution is 2.47. The molecule has 2 saturated heterocycles. The maximum Gasteiger partial charge on any atom is 0.245 e. The Labute approximate surface area is 222 Å². The molecule has 38 heavy (non-hydrogen) atoms. The first-order chi connectivity index (χ1) is 18.4. The molecule has 5 heterocycles. The van der Waals surface area contributed by atoms with E-state index in [1.807, 2.05) is 22.8 Å². The molecular formula is C30H32N6O2. The number of pyridine rings is 1. The lowest BCUT2D eigenvalue weighted by Gasteiger charge is -2.47. The molecule has 0 unspecified atom stereocenters. The van der Waals surface area contributed by atoms with Crippen LogP contribution < -0.4 is 4.90 Å². The highest BCUT2D eigenvalue weighted by atomic mass is 16.5. The molecule has 0 N–H and O–H groups in total. The van der Waals surface area contributed by atoms with Crippen LogP contribution in [-0.4, -0.2) is 57.9 Å². The zero-order chi connectivity index (χ0) is 26.2. The van der Waals surface area contributed by atoms with Crippen LogP contribution in [-0.2, 0) is 29.6 Å². The number of likely N-dealkylation sites (tertiary alicyclic amines) is 1. The number of amides is 1. The number of aryl methyl sites for hydroxylation is 2. The van der Waals surface area contributed by atoms with Gasteiger partial charge in [-0.15, -0.1) is 0 Å². The normalized spacial score (nSPS) is 21.9. The Hall–Kier alpha value is -3.70. The molecule has 0 bridgehead atoms. The molecule has 1 amide bonds. The third kappa shape index (κ3) is 3.48. The minimum absolute atomic E-state index is 0.00755. The maximum absolute atomic E-state index is 12.1. The summed E-state index contributed by atoms with van der Waals surface area (Å²) in [6.07, 6.45) is 7.69. The third-order valence-corrected chi connectivity index (χ3v) is 9.10. The fourth-order valence-electron chi connectivity index (χ4n) is 6.91. The summed E-state index contributed by atoms with van der Waals surface area (Å²) >= 11 is 0. The van der Waals surface area contributed by atoms with Crippen molar-refractivity contribution in [2.45, 2.75) is 45.3 Å². The number of nitriles is 1. The summed E-state index contributed by atoms with van der Waals surface area (Å²) in [4.78, 5) is 21.5. The van der Waals surface area contributed by atoms with Crippen molar-refractivity contribution in [3.63, 3.8) is 0 Å². The van der Waals surface area contributed by atoms with Crippen molar-refractivity contribution in [2.24, 2.45) is 18.4 Å². The Kier molecular flexibility index (Phi) is 5.18. The number of carbonyl (C=O) groups is 1. The predicted molar refractivity (Wildman–Crippen MR) is 144 cm³/mol. The molecule has 1 aliphatic carbocycles. The van der Waals surface area contributed by atoms with Gasteiger partial charge in [-0.25, -0.2) is 4.98 Å². The molecule has 194 valence electrons. The number of carbonyl (C=O) groups excluding carboxylic acids is 1. The molecule has 8 heteroatoms. The zero-order valence-corrected chi connectivity index (χ0v) is 22.0. The third-order valence-electron chi connectivity index (χ3n) is 9.10. The van der Waals surface area contributed by atoms with Gasteiger partial charge in [0.05, 0.1) is 30.1 Å². The summed E-state index contributed by atoms with van der Waals surface area (Å²) in [6, 6.07) is 6.79. The molecule has 7 rings (SSSR count). The van der Waals surface area contributed by atoms with E-state index in [4.69, 9.17) is 9.72 Å². The number of fused-ring (bicyclic) bond motifs is 2. The molecule has 1 spiro atoms. The van der Waals surface area contributed by atoms with E-state index in [0.29, 0.717) is 18.1 Å². The first-order valence-electron chi connectivity index (χ1n) is 13.6. The fourth-order valence-corrected chi connectivity index (χ4v) is 6.91. The Morgan fingerprint density at radius 2 is 2.08 bits per heavy atom. The van der Waals surface area contributed by atoms with Crippen LogP contribution >= 0.6 is 0 Å². The summed E-state index contributed by atoms with van der Waals surface area (Å²) in [5.41, 5.74) is 6.91. The minimum atomic E-state index is -0.00755. The molecule has 2 aromatic heterocycles. The van der Waals surface area contributed by atoms with E-state index < -0.39 is 0 Å². The number of hydrogen-bond donors (Lipinski definition) is 0. The lowest BCUT2D eigenvalue weighted by atomic mass is 9.79. The van der Waals surface area contributed by atoms with Gasteiger partial charge in [0.25, 0.3) is 0 Å². The monoisotopic (exact) mass is 508 g/mol. The second-order valence-electron chi connectivity index (χ2n) is 11.6. The van der Waals surface area contributed by atoms with Crippen LogP contribution in [0, 0.1) is 29.6 Å². The number of rotatable bonds is 4. The number of anilines is 1. The van der Waals surface area contributed by atoms with E-state index in [-0.39, 0.29) is 17.4 Å². The molecular weight excluding hydrogens is 476 g/mol. The van der Waals surface area contributed by atoms with Crippen LogP contribution in [0.5, 0.6) is 0 Å². The zero-order valence-electron chi connectivity index (χ0n) is 22.0. The number of nitrogens with zero attached hydrogens (tertiary/aromatic N) is 6. The molecule has 8 nitrogen and oxygen atoms in total. The van der Waals surface area contributed by atoms with Crippen LogP contribution in [0.2, 0.25) is 0 Å². The van der Waals surface area contributed by atoms with Crippen molar-refractivity contribution in [3.05, 3.63) is 53.4 Å². The highest BCUT2D eigenvalue weighted by molar-refractivity contribution is 5.99. The van der Waals surface area contributed by atoms with Crippen LogP contribution in [0.3, 0.4) is 0 Å². The average Bonchev–Trinajstić information content (AvgIpc) is 3.56. The number of aromatic nitrogens is 3. The van der Waals surface area contributed by atoms with Gasteiger partial charge in [-0.05, 0) is 43.7 Å². The summed E-state index contributed by atoms with van der Waals surface area (Å²) < 4.78 is 8.30. The van der Waals surface area contributed by atoms with Crippen LogP contribution in [0.1, 0.15) is 41.6 Å². The minimum Gasteiger partial charge on any atom is -0.373 e. The number of hydrogen-bond acceptors (Lipinski definition) is 6. The van der Waals surface area contributed by atoms with Crippen LogP contribution in [0.4, 0.5) is 5.82 Å².